The predicted octanol–water partition coefficient (Wildman–Crippen LogP) is 3.61. The van der Waals surface area contributed by atoms with Gasteiger partial charge in [-0.05, 0) is 69.4 Å². The van der Waals surface area contributed by atoms with Crippen molar-refractivity contribution < 1.29 is 9.59 Å². The minimum absolute atomic E-state index is 0.289. The first-order valence-electron chi connectivity index (χ1n) is 9.18. The van der Waals surface area contributed by atoms with Crippen LogP contribution in [0.1, 0.15) is 78.1 Å². The molecule has 0 aliphatic carbocycles. The SMILES string of the molecule is C1CC2CCC(C1)N2.CC(=O)Cl.CC(=O)N1C2CCCC1CC2. The van der Waals surface area contributed by atoms with E-state index in [-0.39, 0.29) is 11.1 Å². The molecule has 23 heavy (non-hydrogen) atoms. The van der Waals surface area contributed by atoms with Crippen LogP contribution in [0.5, 0.6) is 0 Å². The summed E-state index contributed by atoms with van der Waals surface area (Å²) in [6, 6.07) is 3.03. The Morgan fingerprint density at radius 2 is 1.26 bits per heavy atom. The molecule has 4 nitrogen and oxygen atoms in total. The number of piperidine rings is 2. The van der Waals surface area contributed by atoms with Crippen LogP contribution in [-0.4, -0.2) is 40.2 Å². The molecule has 4 rings (SSSR count). The summed E-state index contributed by atoms with van der Waals surface area (Å²) in [5, 5.41) is 3.23. The van der Waals surface area contributed by atoms with Gasteiger partial charge >= 0.3 is 0 Å². The van der Waals surface area contributed by atoms with Crippen molar-refractivity contribution in [1.29, 1.82) is 0 Å². The van der Waals surface area contributed by atoms with Crippen molar-refractivity contribution in [3.8, 4) is 0 Å². The average Bonchev–Trinajstić information content (AvgIpc) is 2.95. The van der Waals surface area contributed by atoms with Gasteiger partial charge in [0.25, 0.3) is 0 Å². The summed E-state index contributed by atoms with van der Waals surface area (Å²) in [5.74, 6) is 0.289. The molecule has 0 spiro atoms. The largest absolute Gasteiger partial charge is 0.337 e. The number of fused-ring (bicyclic) bond motifs is 4. The van der Waals surface area contributed by atoms with E-state index in [1.807, 2.05) is 0 Å². The van der Waals surface area contributed by atoms with Crippen LogP contribution in [0.2, 0.25) is 0 Å². The van der Waals surface area contributed by atoms with E-state index in [1.165, 1.54) is 71.1 Å². The first-order valence-corrected chi connectivity index (χ1v) is 9.56. The summed E-state index contributed by atoms with van der Waals surface area (Å²) in [6.07, 6.45) is 13.6. The summed E-state index contributed by atoms with van der Waals surface area (Å²) >= 11 is 4.64. The standard InChI is InChI=1S/C9H15NO.C7H13N.C2H3ClO/c1-7(11)10-8-3-2-4-9(10)6-5-8;1-2-6-4-5-7(3-1)8-6;1-2(3)4/h8-9H,2-6H2,1H3;6-8H,1-5H2;1H3. The third-order valence-electron chi connectivity index (χ3n) is 5.50. The van der Waals surface area contributed by atoms with Crippen LogP contribution in [0, 0.1) is 0 Å². The normalized spacial score (nSPS) is 34.0. The van der Waals surface area contributed by atoms with E-state index in [0.717, 1.165) is 12.1 Å². The number of amides is 1. The molecule has 0 aromatic rings. The predicted molar refractivity (Wildman–Crippen MR) is 93.5 cm³/mol. The quantitative estimate of drug-likeness (QED) is 0.684. The Balaban J connectivity index is 0.000000141. The Kier molecular flexibility index (Phi) is 7.35. The highest BCUT2D eigenvalue weighted by molar-refractivity contribution is 6.62. The molecule has 4 saturated heterocycles. The molecule has 1 N–H and O–H groups in total. The molecule has 5 heteroatoms. The van der Waals surface area contributed by atoms with E-state index in [0.29, 0.717) is 12.1 Å². The Labute approximate surface area is 145 Å². The minimum Gasteiger partial charge on any atom is -0.337 e. The number of halogens is 1. The molecule has 4 fully saturated rings. The van der Waals surface area contributed by atoms with E-state index >= 15 is 0 Å². The summed E-state index contributed by atoms with van der Waals surface area (Å²) in [7, 11) is 0. The fourth-order valence-electron chi connectivity index (χ4n) is 4.60. The molecule has 4 aliphatic heterocycles. The maximum Gasteiger partial charge on any atom is 0.219 e. The van der Waals surface area contributed by atoms with Crippen molar-refractivity contribution in [2.75, 3.05) is 0 Å². The second-order valence-electron chi connectivity index (χ2n) is 7.28. The zero-order valence-corrected chi connectivity index (χ0v) is 15.3. The van der Waals surface area contributed by atoms with Crippen molar-refractivity contribution in [3.05, 3.63) is 0 Å². The molecule has 0 aromatic heterocycles. The fourth-order valence-corrected chi connectivity index (χ4v) is 4.60. The highest BCUT2D eigenvalue weighted by atomic mass is 35.5. The van der Waals surface area contributed by atoms with E-state index in [1.54, 1.807) is 6.92 Å². The maximum atomic E-state index is 11.2. The smallest absolute Gasteiger partial charge is 0.219 e. The van der Waals surface area contributed by atoms with Crippen LogP contribution in [0.3, 0.4) is 0 Å². The zero-order chi connectivity index (χ0) is 16.8. The van der Waals surface area contributed by atoms with Crippen LogP contribution >= 0.6 is 11.6 Å². The number of carbonyl (C=O) groups excluding carboxylic acids is 2. The summed E-state index contributed by atoms with van der Waals surface area (Å²) in [6.45, 7) is 3.00. The molecule has 0 aromatic carbocycles. The lowest BCUT2D eigenvalue weighted by atomic mass is 10.0. The van der Waals surface area contributed by atoms with Crippen molar-refractivity contribution in [1.82, 2.24) is 10.2 Å². The van der Waals surface area contributed by atoms with Gasteiger partial charge in [0.05, 0.1) is 0 Å². The van der Waals surface area contributed by atoms with Gasteiger partial charge in [-0.3, -0.25) is 9.59 Å². The third kappa shape index (κ3) is 5.75. The Morgan fingerprint density at radius 1 is 0.826 bits per heavy atom. The maximum absolute atomic E-state index is 11.2. The fraction of sp³-hybridized carbons (Fsp3) is 0.889. The molecule has 1 amide bonds. The van der Waals surface area contributed by atoms with Crippen molar-refractivity contribution >= 4 is 22.8 Å². The molecule has 0 radical (unpaired) electrons. The van der Waals surface area contributed by atoms with Gasteiger partial charge in [0, 0.05) is 38.0 Å². The van der Waals surface area contributed by atoms with Crippen molar-refractivity contribution in [2.24, 2.45) is 0 Å². The van der Waals surface area contributed by atoms with E-state index in [2.05, 4.69) is 21.8 Å². The first kappa shape index (κ1) is 18.7. The van der Waals surface area contributed by atoms with Crippen LogP contribution in [0.15, 0.2) is 0 Å². The molecule has 4 bridgehead atoms. The lowest BCUT2D eigenvalue weighted by molar-refractivity contribution is -0.133. The van der Waals surface area contributed by atoms with Gasteiger partial charge in [-0.15, -0.1) is 0 Å². The molecule has 4 unspecified atom stereocenters. The number of nitrogens with one attached hydrogen (secondary N) is 1. The zero-order valence-electron chi connectivity index (χ0n) is 14.5. The molecule has 4 atom stereocenters. The summed E-state index contributed by atoms with van der Waals surface area (Å²) in [4.78, 5) is 22.5. The van der Waals surface area contributed by atoms with Gasteiger partial charge in [-0.2, -0.15) is 0 Å². The Bertz CT molecular complexity index is 382. The highest BCUT2D eigenvalue weighted by Gasteiger charge is 2.37. The van der Waals surface area contributed by atoms with Gasteiger partial charge in [0.15, 0.2) is 0 Å². The molecule has 132 valence electrons. The second-order valence-corrected chi connectivity index (χ2v) is 7.81. The number of carbonyl (C=O) groups is 2. The minimum atomic E-state index is -0.361. The average molecular weight is 343 g/mol. The highest BCUT2D eigenvalue weighted by Crippen LogP contribution is 2.35. The van der Waals surface area contributed by atoms with Gasteiger partial charge in [0.2, 0.25) is 11.1 Å². The number of rotatable bonds is 0. The topological polar surface area (TPSA) is 49.4 Å². The molecule has 4 aliphatic rings. The monoisotopic (exact) mass is 342 g/mol. The third-order valence-corrected chi connectivity index (χ3v) is 5.50. The summed E-state index contributed by atoms with van der Waals surface area (Å²) in [5.41, 5.74) is 0. The number of hydrogen-bond donors (Lipinski definition) is 1. The first-order chi connectivity index (χ1) is 11.0. The lowest BCUT2D eigenvalue weighted by Crippen LogP contribution is -2.42. The van der Waals surface area contributed by atoms with E-state index < -0.39 is 0 Å². The molecule has 4 heterocycles. The number of nitrogens with zero attached hydrogens (tertiary/aromatic N) is 1. The van der Waals surface area contributed by atoms with Crippen LogP contribution in [0.4, 0.5) is 0 Å². The van der Waals surface area contributed by atoms with Crippen LogP contribution < -0.4 is 5.32 Å². The Morgan fingerprint density at radius 3 is 1.61 bits per heavy atom. The van der Waals surface area contributed by atoms with Gasteiger partial charge in [-0.1, -0.05) is 6.42 Å². The lowest BCUT2D eigenvalue weighted by Gasteiger charge is -2.33. The van der Waals surface area contributed by atoms with Gasteiger partial charge in [0.1, 0.15) is 0 Å². The van der Waals surface area contributed by atoms with Crippen LogP contribution in [0.25, 0.3) is 0 Å². The van der Waals surface area contributed by atoms with Crippen molar-refractivity contribution in [2.45, 2.75) is 102 Å². The Hall–Kier alpha value is -0.610. The van der Waals surface area contributed by atoms with E-state index in [4.69, 9.17) is 0 Å². The van der Waals surface area contributed by atoms with E-state index in [9.17, 15) is 9.59 Å². The molecule has 0 saturated carbocycles. The molecular weight excluding hydrogens is 312 g/mol. The molecular formula is C18H31ClN2O2. The second kappa shape index (κ2) is 9.03. The van der Waals surface area contributed by atoms with Gasteiger partial charge in [-0.25, -0.2) is 0 Å². The van der Waals surface area contributed by atoms with Crippen molar-refractivity contribution in [3.63, 3.8) is 0 Å². The number of hydrogen-bond acceptors (Lipinski definition) is 3. The summed E-state index contributed by atoms with van der Waals surface area (Å²) < 4.78 is 0. The van der Waals surface area contributed by atoms with Gasteiger partial charge < -0.3 is 10.2 Å². The van der Waals surface area contributed by atoms with Crippen LogP contribution in [-0.2, 0) is 9.59 Å².